The lowest BCUT2D eigenvalue weighted by atomic mass is 9.90. The Morgan fingerprint density at radius 1 is 1.15 bits per heavy atom. The van der Waals surface area contributed by atoms with E-state index in [0.717, 1.165) is 39.8 Å². The van der Waals surface area contributed by atoms with E-state index in [2.05, 4.69) is 31.0 Å². The van der Waals surface area contributed by atoms with Crippen LogP contribution in [-0.4, -0.2) is 48.6 Å². The zero-order valence-corrected chi connectivity index (χ0v) is 20.2. The summed E-state index contributed by atoms with van der Waals surface area (Å²) in [6.45, 7) is 5.34. The van der Waals surface area contributed by atoms with Gasteiger partial charge >= 0.3 is 5.69 Å². The van der Waals surface area contributed by atoms with Crippen LogP contribution in [0.25, 0.3) is 11.0 Å². The van der Waals surface area contributed by atoms with Crippen LogP contribution in [0.5, 0.6) is 5.88 Å². The number of H-pyrrole nitrogens is 1. The number of likely N-dealkylation sites (tertiary alicyclic amines) is 1. The highest BCUT2D eigenvalue weighted by atomic mass is 16.5. The minimum atomic E-state index is -0.538. The van der Waals surface area contributed by atoms with Gasteiger partial charge in [-0.3, -0.25) is 18.7 Å². The summed E-state index contributed by atoms with van der Waals surface area (Å²) in [5.41, 5.74) is 3.63. The van der Waals surface area contributed by atoms with Crippen molar-refractivity contribution in [3.05, 3.63) is 55.5 Å². The van der Waals surface area contributed by atoms with Gasteiger partial charge in [0, 0.05) is 52.9 Å². The summed E-state index contributed by atoms with van der Waals surface area (Å²) in [7, 11) is 3.13. The largest absolute Gasteiger partial charge is 0.471 e. The van der Waals surface area contributed by atoms with Crippen molar-refractivity contribution in [3.63, 3.8) is 0 Å². The Balaban J connectivity index is 1.25. The Kier molecular flexibility index (Phi) is 5.37. The fourth-order valence-electron chi connectivity index (χ4n) is 5.46. The van der Waals surface area contributed by atoms with E-state index in [0.29, 0.717) is 50.2 Å². The maximum Gasteiger partial charge on any atom is 0.333 e. The van der Waals surface area contributed by atoms with Crippen LogP contribution in [0.2, 0.25) is 0 Å². The van der Waals surface area contributed by atoms with Crippen molar-refractivity contribution >= 4 is 16.9 Å². The van der Waals surface area contributed by atoms with Gasteiger partial charge in [0.05, 0.1) is 16.6 Å². The first-order valence-electron chi connectivity index (χ1n) is 11.9. The first-order chi connectivity index (χ1) is 16.2. The molecule has 1 unspecified atom stereocenters. The molecule has 5 rings (SSSR count). The van der Waals surface area contributed by atoms with Crippen molar-refractivity contribution in [1.29, 1.82) is 0 Å². The Bertz CT molecular complexity index is 1420. The molecule has 1 aromatic carbocycles. The van der Waals surface area contributed by atoms with Gasteiger partial charge in [0.1, 0.15) is 11.4 Å². The standard InChI is InChI=1S/C25H31N5O4/c1-15-12-16(2)21-18(13-15)26-19(27-21)6-7-20(31)30-10-5-8-25(9-11-30)14-17-22(32)28(3)24(33)29(4)23(17)34-25/h12-13H,5-11,14H2,1-4H3,(H,26,27). The number of rotatable bonds is 3. The fourth-order valence-corrected chi connectivity index (χ4v) is 5.46. The molecule has 1 N–H and O–H groups in total. The number of aromatic amines is 1. The summed E-state index contributed by atoms with van der Waals surface area (Å²) in [5, 5.41) is 0. The van der Waals surface area contributed by atoms with E-state index in [-0.39, 0.29) is 17.2 Å². The van der Waals surface area contributed by atoms with Crippen molar-refractivity contribution in [1.82, 2.24) is 24.0 Å². The molecule has 9 nitrogen and oxygen atoms in total. The number of carbonyl (C=O) groups excluding carboxylic acids is 1. The van der Waals surface area contributed by atoms with Crippen LogP contribution >= 0.6 is 0 Å². The number of amides is 1. The number of nitrogens with one attached hydrogen (secondary N) is 1. The summed E-state index contributed by atoms with van der Waals surface area (Å²) in [4.78, 5) is 47.9. The molecule has 2 aliphatic rings. The number of carbonyl (C=O) groups is 1. The van der Waals surface area contributed by atoms with Gasteiger partial charge in [-0.15, -0.1) is 0 Å². The predicted octanol–water partition coefficient (Wildman–Crippen LogP) is 1.90. The van der Waals surface area contributed by atoms with E-state index in [9.17, 15) is 14.4 Å². The summed E-state index contributed by atoms with van der Waals surface area (Å²) in [5.74, 6) is 1.31. The van der Waals surface area contributed by atoms with Gasteiger partial charge in [-0.1, -0.05) is 6.07 Å². The third kappa shape index (κ3) is 3.73. The average molecular weight is 466 g/mol. The summed E-state index contributed by atoms with van der Waals surface area (Å²) in [6, 6.07) is 4.19. The molecule has 1 atom stereocenters. The second-order valence-electron chi connectivity index (χ2n) is 9.85. The van der Waals surface area contributed by atoms with Crippen LogP contribution in [0.1, 0.15) is 48.2 Å². The topological polar surface area (TPSA) is 102 Å². The lowest BCUT2D eigenvalue weighted by molar-refractivity contribution is -0.131. The Hall–Kier alpha value is -3.36. The van der Waals surface area contributed by atoms with Gasteiger partial charge in [0.15, 0.2) is 0 Å². The molecule has 0 saturated carbocycles. The molecule has 1 saturated heterocycles. The van der Waals surface area contributed by atoms with Gasteiger partial charge in [0.2, 0.25) is 11.8 Å². The molecule has 34 heavy (non-hydrogen) atoms. The maximum atomic E-state index is 13.0. The second-order valence-corrected chi connectivity index (χ2v) is 9.85. The van der Waals surface area contributed by atoms with Crippen molar-refractivity contribution in [2.75, 3.05) is 13.1 Å². The molecule has 1 spiro atoms. The molecule has 1 fully saturated rings. The Morgan fingerprint density at radius 2 is 1.94 bits per heavy atom. The molecule has 0 radical (unpaired) electrons. The SMILES string of the molecule is Cc1cc(C)c2nc(CCC(=O)N3CCCC4(CC3)Cc3c(n(C)c(=O)n(C)c3=O)O4)[nH]c2c1. The first kappa shape index (κ1) is 22.4. The minimum Gasteiger partial charge on any atom is -0.471 e. The Morgan fingerprint density at radius 3 is 2.74 bits per heavy atom. The third-order valence-electron chi connectivity index (χ3n) is 7.31. The van der Waals surface area contributed by atoms with E-state index in [4.69, 9.17) is 9.72 Å². The number of hydrogen-bond acceptors (Lipinski definition) is 5. The number of aryl methyl sites for hydroxylation is 3. The van der Waals surface area contributed by atoms with Crippen LogP contribution in [0.3, 0.4) is 0 Å². The van der Waals surface area contributed by atoms with E-state index >= 15 is 0 Å². The monoisotopic (exact) mass is 465 g/mol. The lowest BCUT2D eigenvalue weighted by Gasteiger charge is -2.27. The van der Waals surface area contributed by atoms with Crippen molar-refractivity contribution in [2.24, 2.45) is 14.1 Å². The molecule has 3 aromatic rings. The van der Waals surface area contributed by atoms with Gasteiger partial charge in [-0.25, -0.2) is 9.78 Å². The Labute approximate surface area is 197 Å². The minimum absolute atomic E-state index is 0.101. The van der Waals surface area contributed by atoms with Gasteiger partial charge in [0.25, 0.3) is 5.56 Å². The average Bonchev–Trinajstić information content (AvgIpc) is 3.32. The smallest absolute Gasteiger partial charge is 0.333 e. The quantitative estimate of drug-likeness (QED) is 0.637. The van der Waals surface area contributed by atoms with Crippen LogP contribution in [0.15, 0.2) is 21.7 Å². The lowest BCUT2D eigenvalue weighted by Crippen LogP contribution is -2.38. The number of fused-ring (bicyclic) bond motifs is 2. The zero-order valence-electron chi connectivity index (χ0n) is 20.2. The van der Waals surface area contributed by atoms with Crippen LogP contribution in [0.4, 0.5) is 0 Å². The number of hydrogen-bond donors (Lipinski definition) is 1. The van der Waals surface area contributed by atoms with Crippen LogP contribution in [0, 0.1) is 13.8 Å². The zero-order chi connectivity index (χ0) is 24.2. The predicted molar refractivity (Wildman–Crippen MR) is 128 cm³/mol. The number of ether oxygens (including phenoxy) is 1. The molecule has 9 heteroatoms. The van der Waals surface area contributed by atoms with Crippen LogP contribution < -0.4 is 16.0 Å². The molecule has 1 amide bonds. The van der Waals surface area contributed by atoms with Gasteiger partial charge < -0.3 is 14.6 Å². The third-order valence-corrected chi connectivity index (χ3v) is 7.31. The summed E-state index contributed by atoms with van der Waals surface area (Å²) < 4.78 is 8.82. The first-order valence-corrected chi connectivity index (χ1v) is 11.9. The molecule has 2 aliphatic heterocycles. The van der Waals surface area contributed by atoms with Crippen molar-refractivity contribution < 1.29 is 9.53 Å². The van der Waals surface area contributed by atoms with Gasteiger partial charge in [-0.05, 0) is 43.9 Å². The normalized spacial score (nSPS) is 19.9. The second kappa shape index (κ2) is 8.14. The van der Waals surface area contributed by atoms with E-state index in [1.807, 2.05) is 4.90 Å². The van der Waals surface area contributed by atoms with Crippen molar-refractivity contribution in [2.45, 2.75) is 58.0 Å². The molecule has 2 aromatic heterocycles. The summed E-state index contributed by atoms with van der Waals surface area (Å²) in [6.07, 6.45) is 3.59. The highest BCUT2D eigenvalue weighted by Gasteiger charge is 2.44. The van der Waals surface area contributed by atoms with E-state index < -0.39 is 5.60 Å². The number of aromatic nitrogens is 4. The fraction of sp³-hybridized carbons (Fsp3) is 0.520. The highest BCUT2D eigenvalue weighted by Crippen LogP contribution is 2.38. The molecule has 0 bridgehead atoms. The molecular weight excluding hydrogens is 434 g/mol. The van der Waals surface area contributed by atoms with Crippen molar-refractivity contribution in [3.8, 4) is 5.88 Å². The van der Waals surface area contributed by atoms with Crippen LogP contribution in [-0.2, 0) is 31.7 Å². The molecule has 180 valence electrons. The highest BCUT2D eigenvalue weighted by molar-refractivity contribution is 5.80. The summed E-state index contributed by atoms with van der Waals surface area (Å²) >= 11 is 0. The number of benzene rings is 1. The molecule has 0 aliphatic carbocycles. The van der Waals surface area contributed by atoms with E-state index in [1.165, 1.54) is 17.2 Å². The number of imidazole rings is 1. The van der Waals surface area contributed by atoms with E-state index in [1.54, 1.807) is 7.05 Å². The molecule has 4 heterocycles. The molecular formula is C25H31N5O4. The maximum absolute atomic E-state index is 13.0. The number of nitrogens with zero attached hydrogens (tertiary/aromatic N) is 4. The van der Waals surface area contributed by atoms with Gasteiger partial charge in [-0.2, -0.15) is 0 Å².